The Morgan fingerprint density at radius 3 is 2.64 bits per heavy atom. The molecule has 1 aromatic carbocycles. The molecule has 1 N–H and O–H groups in total. The van der Waals surface area contributed by atoms with Gasteiger partial charge in [-0.2, -0.15) is 0 Å². The van der Waals surface area contributed by atoms with Crippen LogP contribution in [0.1, 0.15) is 37.3 Å². The van der Waals surface area contributed by atoms with Crippen molar-refractivity contribution in [1.82, 2.24) is 10.3 Å². The number of benzene rings is 1. The molecule has 2 aromatic rings. The van der Waals surface area contributed by atoms with Crippen molar-refractivity contribution in [3.8, 4) is 0 Å². The molecule has 0 radical (unpaired) electrons. The number of anilines is 1. The summed E-state index contributed by atoms with van der Waals surface area (Å²) in [7, 11) is 0. The molecule has 120 valence electrons. The lowest BCUT2D eigenvalue weighted by molar-refractivity contribution is 0.519. The van der Waals surface area contributed by atoms with E-state index in [1.165, 1.54) is 12.1 Å². The minimum atomic E-state index is -0.556. The Labute approximate surface area is 134 Å². The fourth-order valence-corrected chi connectivity index (χ4v) is 3.22. The first-order chi connectivity index (χ1) is 10.5. The molecule has 1 atom stereocenters. The summed E-state index contributed by atoms with van der Waals surface area (Å²) in [6.45, 7) is 8.52. The minimum Gasteiger partial charge on any atom is -0.349 e. The van der Waals surface area contributed by atoms with Crippen molar-refractivity contribution in [2.45, 2.75) is 33.4 Å². The molecule has 0 fully saturated rings. The van der Waals surface area contributed by atoms with Crippen LogP contribution >= 0.6 is 11.3 Å². The summed E-state index contributed by atoms with van der Waals surface area (Å²) in [6.07, 6.45) is 1.85. The molecule has 0 aliphatic carbocycles. The fraction of sp³-hybridized carbons (Fsp3) is 0.438. The van der Waals surface area contributed by atoms with Gasteiger partial charge in [0, 0.05) is 48.4 Å². The van der Waals surface area contributed by atoms with Crippen LogP contribution in [0.25, 0.3) is 0 Å². The number of hydrogen-bond acceptors (Lipinski definition) is 4. The standard InChI is InChI=1S/C16H21F2N3S/c1-4-21(5-2)16-20-10-13(22-16)9-19-11(3)14-7-6-12(17)8-15(14)18/h6-8,10-11,19H,4-5,9H2,1-3H3. The smallest absolute Gasteiger partial charge is 0.185 e. The quantitative estimate of drug-likeness (QED) is 0.830. The summed E-state index contributed by atoms with van der Waals surface area (Å²) >= 11 is 1.63. The second-order valence-corrected chi connectivity index (χ2v) is 6.14. The summed E-state index contributed by atoms with van der Waals surface area (Å²) in [4.78, 5) is 7.70. The first-order valence-electron chi connectivity index (χ1n) is 7.43. The van der Waals surface area contributed by atoms with Crippen LogP contribution in [0.2, 0.25) is 0 Å². The van der Waals surface area contributed by atoms with Crippen LogP contribution in [0.5, 0.6) is 0 Å². The lowest BCUT2D eigenvalue weighted by Gasteiger charge is -2.16. The van der Waals surface area contributed by atoms with Crippen molar-refractivity contribution in [2.75, 3.05) is 18.0 Å². The molecule has 0 saturated heterocycles. The fourth-order valence-electron chi connectivity index (χ4n) is 2.24. The zero-order valence-electron chi connectivity index (χ0n) is 13.1. The normalized spacial score (nSPS) is 12.4. The van der Waals surface area contributed by atoms with Gasteiger partial charge >= 0.3 is 0 Å². The van der Waals surface area contributed by atoms with E-state index in [9.17, 15) is 8.78 Å². The molecule has 0 saturated carbocycles. The molecule has 6 heteroatoms. The van der Waals surface area contributed by atoms with E-state index < -0.39 is 11.6 Å². The van der Waals surface area contributed by atoms with Crippen molar-refractivity contribution in [2.24, 2.45) is 0 Å². The molecule has 0 aliphatic rings. The average Bonchev–Trinajstić information content (AvgIpc) is 2.95. The minimum absolute atomic E-state index is 0.195. The molecule has 0 bridgehead atoms. The van der Waals surface area contributed by atoms with Gasteiger partial charge < -0.3 is 10.2 Å². The summed E-state index contributed by atoms with van der Waals surface area (Å²) in [6, 6.07) is 3.48. The maximum atomic E-state index is 13.7. The van der Waals surface area contributed by atoms with Crippen molar-refractivity contribution < 1.29 is 8.78 Å². The van der Waals surface area contributed by atoms with E-state index in [2.05, 4.69) is 29.0 Å². The summed E-state index contributed by atoms with van der Waals surface area (Å²) in [5.41, 5.74) is 0.467. The number of hydrogen-bond donors (Lipinski definition) is 1. The van der Waals surface area contributed by atoms with E-state index in [4.69, 9.17) is 0 Å². The molecule has 1 unspecified atom stereocenters. The van der Waals surface area contributed by atoms with Crippen LogP contribution in [0, 0.1) is 11.6 Å². The predicted octanol–water partition coefficient (Wildman–Crippen LogP) is 4.12. The van der Waals surface area contributed by atoms with Gasteiger partial charge in [0.2, 0.25) is 0 Å². The third kappa shape index (κ3) is 4.01. The Morgan fingerprint density at radius 1 is 1.27 bits per heavy atom. The Hall–Kier alpha value is -1.53. The number of aromatic nitrogens is 1. The number of nitrogens with zero attached hydrogens (tertiary/aromatic N) is 2. The van der Waals surface area contributed by atoms with E-state index in [-0.39, 0.29) is 6.04 Å². The molecular weight excluding hydrogens is 304 g/mol. The monoisotopic (exact) mass is 325 g/mol. The summed E-state index contributed by atoms with van der Waals surface area (Å²) < 4.78 is 26.7. The van der Waals surface area contributed by atoms with Crippen LogP contribution in [0.4, 0.5) is 13.9 Å². The zero-order valence-corrected chi connectivity index (χ0v) is 13.9. The van der Waals surface area contributed by atoms with Crippen LogP contribution in [0.15, 0.2) is 24.4 Å². The van der Waals surface area contributed by atoms with E-state index >= 15 is 0 Å². The zero-order chi connectivity index (χ0) is 16.1. The number of nitrogens with one attached hydrogen (secondary N) is 1. The van der Waals surface area contributed by atoms with Crippen LogP contribution < -0.4 is 10.2 Å². The molecule has 2 rings (SSSR count). The highest BCUT2D eigenvalue weighted by Gasteiger charge is 2.13. The highest BCUT2D eigenvalue weighted by Crippen LogP contribution is 2.23. The Kier molecular flexibility index (Phi) is 5.85. The van der Waals surface area contributed by atoms with Crippen molar-refractivity contribution >= 4 is 16.5 Å². The van der Waals surface area contributed by atoms with Gasteiger partial charge in [-0.1, -0.05) is 6.07 Å². The molecule has 3 nitrogen and oxygen atoms in total. The maximum Gasteiger partial charge on any atom is 0.185 e. The summed E-state index contributed by atoms with van der Waals surface area (Å²) in [5.74, 6) is -1.08. The Balaban J connectivity index is 1.97. The van der Waals surface area contributed by atoms with Gasteiger partial charge in [-0.05, 0) is 26.8 Å². The first kappa shape index (κ1) is 16.8. The van der Waals surface area contributed by atoms with Gasteiger partial charge in [0.15, 0.2) is 5.13 Å². The SMILES string of the molecule is CCN(CC)c1ncc(CNC(C)c2ccc(F)cc2F)s1. The van der Waals surface area contributed by atoms with Crippen LogP contribution in [-0.2, 0) is 6.54 Å². The van der Waals surface area contributed by atoms with Gasteiger partial charge in [-0.25, -0.2) is 13.8 Å². The van der Waals surface area contributed by atoms with Crippen LogP contribution in [-0.4, -0.2) is 18.1 Å². The van der Waals surface area contributed by atoms with E-state index in [1.54, 1.807) is 11.3 Å². The molecule has 0 aliphatic heterocycles. The Morgan fingerprint density at radius 2 is 2.00 bits per heavy atom. The third-order valence-corrected chi connectivity index (χ3v) is 4.64. The lowest BCUT2D eigenvalue weighted by Crippen LogP contribution is -2.21. The topological polar surface area (TPSA) is 28.2 Å². The van der Waals surface area contributed by atoms with E-state index in [1.807, 2.05) is 13.1 Å². The van der Waals surface area contributed by atoms with Gasteiger partial charge in [-0.3, -0.25) is 0 Å². The number of halogens is 2. The average molecular weight is 325 g/mol. The predicted molar refractivity (Wildman–Crippen MR) is 87.3 cm³/mol. The van der Waals surface area contributed by atoms with E-state index in [0.717, 1.165) is 29.2 Å². The molecule has 1 heterocycles. The summed E-state index contributed by atoms with van der Waals surface area (Å²) in [5, 5.41) is 4.26. The lowest BCUT2D eigenvalue weighted by atomic mass is 10.1. The van der Waals surface area contributed by atoms with Crippen molar-refractivity contribution in [3.63, 3.8) is 0 Å². The van der Waals surface area contributed by atoms with Gasteiger partial charge in [0.05, 0.1) is 0 Å². The highest BCUT2D eigenvalue weighted by molar-refractivity contribution is 7.15. The first-order valence-corrected chi connectivity index (χ1v) is 8.24. The maximum absolute atomic E-state index is 13.7. The molecule has 1 aromatic heterocycles. The van der Waals surface area contributed by atoms with Crippen molar-refractivity contribution in [3.05, 3.63) is 46.5 Å². The van der Waals surface area contributed by atoms with Crippen molar-refractivity contribution in [1.29, 1.82) is 0 Å². The van der Waals surface area contributed by atoms with Crippen LogP contribution in [0.3, 0.4) is 0 Å². The van der Waals surface area contributed by atoms with E-state index in [0.29, 0.717) is 12.1 Å². The van der Waals surface area contributed by atoms with Gasteiger partial charge in [-0.15, -0.1) is 11.3 Å². The number of rotatable bonds is 7. The molecule has 0 spiro atoms. The largest absolute Gasteiger partial charge is 0.349 e. The molecule has 22 heavy (non-hydrogen) atoms. The van der Waals surface area contributed by atoms with Gasteiger partial charge in [0.1, 0.15) is 11.6 Å². The highest BCUT2D eigenvalue weighted by atomic mass is 32.1. The Bertz CT molecular complexity index is 611. The molecule has 0 amide bonds. The number of thiazole rings is 1. The molecular formula is C16H21F2N3S. The van der Waals surface area contributed by atoms with Gasteiger partial charge in [0.25, 0.3) is 0 Å². The second-order valence-electron chi connectivity index (χ2n) is 5.05. The third-order valence-electron chi connectivity index (χ3n) is 3.59. The second kappa shape index (κ2) is 7.65.